The minimum atomic E-state index is -0.256. The molecule has 6 heteroatoms. The number of rotatable bonds is 4. The second-order valence-corrected chi connectivity index (χ2v) is 6.05. The lowest BCUT2D eigenvalue weighted by atomic mass is 10.1. The molecule has 23 heavy (non-hydrogen) atoms. The van der Waals surface area contributed by atoms with Crippen LogP contribution in [0, 0.1) is 5.92 Å². The van der Waals surface area contributed by atoms with Gasteiger partial charge in [0.05, 0.1) is 5.92 Å². The molecule has 5 nitrogen and oxygen atoms in total. The zero-order valence-electron chi connectivity index (χ0n) is 13.0. The highest BCUT2D eigenvalue weighted by Gasteiger charge is 2.29. The van der Waals surface area contributed by atoms with Gasteiger partial charge in [-0.05, 0) is 12.8 Å². The number of halogens is 1. The number of carbonyl (C=O) groups is 1. The van der Waals surface area contributed by atoms with E-state index in [2.05, 4.69) is 9.88 Å². The molecule has 1 aliphatic rings. The minimum Gasteiger partial charge on any atom is -0.369 e. The SMILES string of the molecule is CCc1c(Cl)nc(-c2ccccc2)nc1N1CC[C@@H](C(N)=O)C1. The van der Waals surface area contributed by atoms with Crippen molar-refractivity contribution in [2.45, 2.75) is 19.8 Å². The maximum atomic E-state index is 11.4. The highest BCUT2D eigenvalue weighted by molar-refractivity contribution is 6.30. The number of nitrogens with two attached hydrogens (primary N) is 1. The van der Waals surface area contributed by atoms with Gasteiger partial charge in [0.2, 0.25) is 5.91 Å². The number of primary amides is 1. The molecule has 2 aromatic rings. The van der Waals surface area contributed by atoms with Gasteiger partial charge in [0.15, 0.2) is 5.82 Å². The summed E-state index contributed by atoms with van der Waals surface area (Å²) < 4.78 is 0. The van der Waals surface area contributed by atoms with Crippen molar-refractivity contribution in [3.05, 3.63) is 41.0 Å². The van der Waals surface area contributed by atoms with Crippen LogP contribution in [-0.4, -0.2) is 29.0 Å². The standard InChI is InChI=1S/C17H19ClN4O/c1-2-13-14(18)20-16(11-6-4-3-5-7-11)21-17(13)22-9-8-12(10-22)15(19)23/h3-7,12H,2,8-10H2,1H3,(H2,19,23)/t12-/m1/s1. The minimum absolute atomic E-state index is 0.131. The molecule has 2 N–H and O–H groups in total. The normalized spacial score (nSPS) is 17.5. The Balaban J connectivity index is 2.01. The van der Waals surface area contributed by atoms with E-state index in [0.29, 0.717) is 17.5 Å². The van der Waals surface area contributed by atoms with Crippen LogP contribution in [-0.2, 0) is 11.2 Å². The molecule has 2 heterocycles. The lowest BCUT2D eigenvalue weighted by molar-refractivity contribution is -0.121. The third-order valence-corrected chi connectivity index (χ3v) is 4.52. The van der Waals surface area contributed by atoms with E-state index >= 15 is 0 Å². The molecule has 3 rings (SSSR count). The topological polar surface area (TPSA) is 72.1 Å². The molecule has 0 bridgehead atoms. The van der Waals surface area contributed by atoms with Crippen LogP contribution in [0.4, 0.5) is 5.82 Å². The Labute approximate surface area is 140 Å². The van der Waals surface area contributed by atoms with Crippen molar-refractivity contribution in [2.24, 2.45) is 11.7 Å². The fourth-order valence-electron chi connectivity index (χ4n) is 2.91. The molecule has 1 fully saturated rings. The molecule has 1 aliphatic heterocycles. The molecule has 0 aliphatic carbocycles. The number of benzene rings is 1. The Hall–Kier alpha value is -2.14. The molecular weight excluding hydrogens is 312 g/mol. The van der Waals surface area contributed by atoms with Crippen molar-refractivity contribution in [1.29, 1.82) is 0 Å². The Morgan fingerprint density at radius 3 is 2.70 bits per heavy atom. The molecule has 0 spiro atoms. The van der Waals surface area contributed by atoms with Gasteiger partial charge in [-0.3, -0.25) is 4.79 Å². The summed E-state index contributed by atoms with van der Waals surface area (Å²) in [5.41, 5.74) is 7.27. The molecule has 120 valence electrons. The van der Waals surface area contributed by atoms with E-state index in [1.807, 2.05) is 37.3 Å². The maximum absolute atomic E-state index is 11.4. The van der Waals surface area contributed by atoms with E-state index in [0.717, 1.165) is 36.3 Å². The first-order chi connectivity index (χ1) is 11.1. The molecule has 0 radical (unpaired) electrons. The molecule has 1 amide bonds. The zero-order chi connectivity index (χ0) is 16.4. The molecule has 0 saturated carbocycles. The van der Waals surface area contributed by atoms with Crippen LogP contribution in [0.5, 0.6) is 0 Å². The molecular formula is C17H19ClN4O. The van der Waals surface area contributed by atoms with Crippen LogP contribution in [0.15, 0.2) is 30.3 Å². The smallest absolute Gasteiger partial charge is 0.222 e. The van der Waals surface area contributed by atoms with Crippen LogP contribution in [0.3, 0.4) is 0 Å². The number of aromatic nitrogens is 2. The summed E-state index contributed by atoms with van der Waals surface area (Å²) in [6.45, 7) is 3.37. The van der Waals surface area contributed by atoms with E-state index in [-0.39, 0.29) is 11.8 Å². The van der Waals surface area contributed by atoms with Crippen molar-refractivity contribution in [1.82, 2.24) is 9.97 Å². The average Bonchev–Trinajstić information content (AvgIpc) is 3.05. The number of anilines is 1. The predicted molar refractivity (Wildman–Crippen MR) is 91.4 cm³/mol. The van der Waals surface area contributed by atoms with Gasteiger partial charge in [-0.1, -0.05) is 48.9 Å². The molecule has 1 atom stereocenters. The average molecular weight is 331 g/mol. The highest BCUT2D eigenvalue weighted by atomic mass is 35.5. The second-order valence-electron chi connectivity index (χ2n) is 5.69. The summed E-state index contributed by atoms with van der Waals surface area (Å²) in [6.07, 6.45) is 1.49. The maximum Gasteiger partial charge on any atom is 0.222 e. The van der Waals surface area contributed by atoms with E-state index in [4.69, 9.17) is 22.3 Å². The predicted octanol–water partition coefficient (Wildman–Crippen LogP) is 2.67. The first-order valence-corrected chi connectivity index (χ1v) is 8.14. The van der Waals surface area contributed by atoms with Gasteiger partial charge < -0.3 is 10.6 Å². The molecule has 1 aromatic heterocycles. The van der Waals surface area contributed by atoms with Crippen LogP contribution in [0.1, 0.15) is 18.9 Å². The fourth-order valence-corrected chi connectivity index (χ4v) is 3.21. The van der Waals surface area contributed by atoms with Gasteiger partial charge >= 0.3 is 0 Å². The van der Waals surface area contributed by atoms with Crippen LogP contribution >= 0.6 is 11.6 Å². The molecule has 1 aromatic carbocycles. The first kappa shape index (κ1) is 15.7. The summed E-state index contributed by atoms with van der Waals surface area (Å²) in [5.74, 6) is 1.03. The number of hydrogen-bond acceptors (Lipinski definition) is 4. The molecule has 0 unspecified atom stereocenters. The van der Waals surface area contributed by atoms with Crippen LogP contribution in [0.2, 0.25) is 5.15 Å². The van der Waals surface area contributed by atoms with E-state index in [1.54, 1.807) is 0 Å². The van der Waals surface area contributed by atoms with Crippen molar-refractivity contribution >= 4 is 23.3 Å². The van der Waals surface area contributed by atoms with Gasteiger partial charge in [-0.25, -0.2) is 9.97 Å². The lowest BCUT2D eigenvalue weighted by Crippen LogP contribution is -2.28. The first-order valence-electron chi connectivity index (χ1n) is 7.76. The van der Waals surface area contributed by atoms with Gasteiger partial charge in [0.1, 0.15) is 11.0 Å². The number of carbonyl (C=O) groups excluding carboxylic acids is 1. The zero-order valence-corrected chi connectivity index (χ0v) is 13.8. The fraction of sp³-hybridized carbons (Fsp3) is 0.353. The largest absolute Gasteiger partial charge is 0.369 e. The van der Waals surface area contributed by atoms with E-state index in [9.17, 15) is 4.79 Å². The van der Waals surface area contributed by atoms with Crippen molar-refractivity contribution in [3.8, 4) is 11.4 Å². The third kappa shape index (κ3) is 3.15. The summed E-state index contributed by atoms with van der Waals surface area (Å²) >= 11 is 6.39. The summed E-state index contributed by atoms with van der Waals surface area (Å²) in [4.78, 5) is 22.7. The third-order valence-electron chi connectivity index (χ3n) is 4.21. The summed E-state index contributed by atoms with van der Waals surface area (Å²) in [6, 6.07) is 9.75. The van der Waals surface area contributed by atoms with Crippen molar-refractivity contribution in [3.63, 3.8) is 0 Å². The van der Waals surface area contributed by atoms with Gasteiger partial charge in [0, 0.05) is 24.2 Å². The van der Waals surface area contributed by atoms with Crippen molar-refractivity contribution in [2.75, 3.05) is 18.0 Å². The Kier molecular flexibility index (Phi) is 4.48. The van der Waals surface area contributed by atoms with Crippen molar-refractivity contribution < 1.29 is 4.79 Å². The number of hydrogen-bond donors (Lipinski definition) is 1. The number of amides is 1. The van der Waals surface area contributed by atoms with E-state index < -0.39 is 0 Å². The Morgan fingerprint density at radius 1 is 1.35 bits per heavy atom. The number of nitrogens with zero attached hydrogens (tertiary/aromatic N) is 3. The van der Waals surface area contributed by atoms with Crippen LogP contribution in [0.25, 0.3) is 11.4 Å². The van der Waals surface area contributed by atoms with Crippen LogP contribution < -0.4 is 10.6 Å². The second kappa shape index (κ2) is 6.54. The lowest BCUT2D eigenvalue weighted by Gasteiger charge is -2.21. The molecule has 1 saturated heterocycles. The highest BCUT2D eigenvalue weighted by Crippen LogP contribution is 2.31. The Morgan fingerprint density at radius 2 is 2.09 bits per heavy atom. The van der Waals surface area contributed by atoms with Gasteiger partial charge in [0.25, 0.3) is 0 Å². The van der Waals surface area contributed by atoms with Gasteiger partial charge in [-0.2, -0.15) is 0 Å². The monoisotopic (exact) mass is 330 g/mol. The van der Waals surface area contributed by atoms with Gasteiger partial charge in [-0.15, -0.1) is 0 Å². The summed E-state index contributed by atoms with van der Waals surface area (Å²) in [7, 11) is 0. The quantitative estimate of drug-likeness (QED) is 0.875. The van der Waals surface area contributed by atoms with E-state index in [1.165, 1.54) is 0 Å². The Bertz CT molecular complexity index is 720. The summed E-state index contributed by atoms with van der Waals surface area (Å²) in [5, 5.41) is 0.471.